The highest BCUT2D eigenvalue weighted by molar-refractivity contribution is 7.09. The average Bonchev–Trinajstić information content (AvgIpc) is 1.35. The first-order valence-electron chi connectivity index (χ1n) is 32.8. The number of hydrogen-bond acceptors (Lipinski definition) is 16. The van der Waals surface area contributed by atoms with Gasteiger partial charge in [-0.2, -0.15) is 0 Å². The number of anilines is 1. The molecule has 512 valence electrons. The molecule has 1 aliphatic heterocycles. The minimum atomic E-state index is -0.948. The van der Waals surface area contributed by atoms with Gasteiger partial charge in [0.1, 0.15) is 12.4 Å². The molecule has 0 radical (unpaired) electrons. The summed E-state index contributed by atoms with van der Waals surface area (Å²) in [7, 11) is 6.34. The van der Waals surface area contributed by atoms with Crippen LogP contribution in [-0.2, 0) is 65.6 Å². The molecule has 2 aromatic carbocycles. The van der Waals surface area contributed by atoms with Crippen molar-refractivity contribution in [1.82, 2.24) is 30.3 Å². The maximum Gasteiger partial charge on any atom is 0.410 e. The summed E-state index contributed by atoms with van der Waals surface area (Å²) in [6.45, 7) is 17.9. The van der Waals surface area contributed by atoms with E-state index < -0.39 is 66.1 Å². The first-order valence-corrected chi connectivity index (χ1v) is 33.7. The molecular formula is C69H107N9O13S. The Balaban J connectivity index is 1.40. The first-order chi connectivity index (χ1) is 43.8. The molecule has 7 amide bonds. The number of rotatable bonds is 42. The fourth-order valence-electron chi connectivity index (χ4n) is 12.6. The number of carbonyl (C=O) groups excluding carboxylic acids is 9. The van der Waals surface area contributed by atoms with E-state index in [2.05, 4.69) is 37.9 Å². The Bertz CT molecular complexity index is 2790. The third kappa shape index (κ3) is 24.0. The van der Waals surface area contributed by atoms with Crippen molar-refractivity contribution in [2.45, 2.75) is 201 Å². The lowest BCUT2D eigenvalue weighted by Crippen LogP contribution is -2.54. The average molecular weight is 1300 g/mol. The monoisotopic (exact) mass is 1300 g/mol. The van der Waals surface area contributed by atoms with Crippen molar-refractivity contribution in [2.24, 2.45) is 53.1 Å². The molecule has 0 spiro atoms. The highest BCUT2D eigenvalue weighted by Gasteiger charge is 2.44. The molecule has 0 saturated carbocycles. The van der Waals surface area contributed by atoms with Gasteiger partial charge in [0.15, 0.2) is 11.6 Å². The fourth-order valence-corrected chi connectivity index (χ4v) is 13.4. The molecule has 7 N–H and O–H groups in total. The van der Waals surface area contributed by atoms with Gasteiger partial charge in [-0.05, 0) is 91.9 Å². The smallest absolute Gasteiger partial charge is 0.410 e. The number of nitrogens with two attached hydrogens (primary N) is 2. The summed E-state index contributed by atoms with van der Waals surface area (Å²) in [5.74, 6) is 0.114. The van der Waals surface area contributed by atoms with E-state index in [9.17, 15) is 43.2 Å². The summed E-state index contributed by atoms with van der Waals surface area (Å²) in [5, 5.41) is 11.1. The Morgan fingerprint density at radius 2 is 1.47 bits per heavy atom. The third-order valence-electron chi connectivity index (χ3n) is 18.1. The number of urea groups is 1. The number of ether oxygens (including phenoxy) is 3. The van der Waals surface area contributed by atoms with Crippen molar-refractivity contribution >= 4 is 70.1 Å². The summed E-state index contributed by atoms with van der Waals surface area (Å²) >= 11 is 1.54. The molecule has 92 heavy (non-hydrogen) atoms. The number of amides is 7. The minimum Gasteiger partial charge on any atom is -0.445 e. The zero-order chi connectivity index (χ0) is 68.2. The number of nitrogens with zero attached hydrogens (tertiary/aromatic N) is 4. The summed E-state index contributed by atoms with van der Waals surface area (Å²) < 4.78 is 18.0. The zero-order valence-corrected chi connectivity index (χ0v) is 57.6. The number of nitrogens with one attached hydrogen (secondary N) is 3. The lowest BCUT2D eigenvalue weighted by molar-refractivity contribution is -0.149. The maximum atomic E-state index is 14.9. The van der Waals surface area contributed by atoms with Crippen LogP contribution in [0, 0.1) is 41.4 Å². The maximum absolute atomic E-state index is 14.9. The molecule has 23 heteroatoms. The van der Waals surface area contributed by atoms with E-state index in [4.69, 9.17) is 25.8 Å². The zero-order valence-electron chi connectivity index (χ0n) is 56.8. The molecule has 22 nitrogen and oxygen atoms in total. The van der Waals surface area contributed by atoms with Gasteiger partial charge in [-0.25, -0.2) is 20.5 Å². The van der Waals surface area contributed by atoms with Crippen LogP contribution < -0.4 is 27.6 Å². The second-order valence-electron chi connectivity index (χ2n) is 25.8. The van der Waals surface area contributed by atoms with Gasteiger partial charge in [0, 0.05) is 108 Å². The van der Waals surface area contributed by atoms with Crippen molar-refractivity contribution in [3.8, 4) is 0 Å². The standard InChI is InChI=1S/C69H107N9O13S/c1-14-46(8)63(58(88-12)41-60(83)78-34-22-26-54(78)64(89-13)47(9)55(79)39-51(66-72-33-36-92-66)37-48-23-17-15-18-24-48)76(10)67(85)53(43(2)3)40-57(81)62(45(6)7)77(11)69(87)90-42-49-28-30-52(31-29-49)74-65(84)50(25-21-32-73-68(70)86)38-56(80)61(44(4)5)75-59(82)27-19-16-20-35-91-71/h15,17-18,23-24,28-31,33,36,43-47,50-51,53-54,58,61-64H,14,16,19-22,25-27,32,34-35,37-42,71H2,1-13H3,(H,74,84)(H,75,82)(H3,70,73,86)/t46-,47-,50+,51+,53-,54-,58+,61-,62-,63-,64?/m0/s1. The summed E-state index contributed by atoms with van der Waals surface area (Å²) in [6.07, 6.45) is 5.21. The molecule has 0 bridgehead atoms. The second-order valence-corrected chi connectivity index (χ2v) is 26.8. The van der Waals surface area contributed by atoms with Gasteiger partial charge in [0.05, 0.1) is 54.4 Å². The number of thiazole rings is 1. The van der Waals surface area contributed by atoms with Crippen molar-refractivity contribution < 1.29 is 62.2 Å². The Labute approximate surface area is 550 Å². The fraction of sp³-hybridized carbons (Fsp3) is 0.652. The van der Waals surface area contributed by atoms with Gasteiger partial charge in [-0.15, -0.1) is 11.3 Å². The van der Waals surface area contributed by atoms with E-state index in [1.807, 2.05) is 90.8 Å². The van der Waals surface area contributed by atoms with E-state index in [-0.39, 0.29) is 122 Å². The van der Waals surface area contributed by atoms with Gasteiger partial charge < -0.3 is 55.4 Å². The molecule has 11 atom stereocenters. The van der Waals surface area contributed by atoms with Gasteiger partial charge in [0.2, 0.25) is 23.6 Å². The van der Waals surface area contributed by atoms with Gasteiger partial charge in [0.25, 0.3) is 0 Å². The van der Waals surface area contributed by atoms with Crippen LogP contribution in [0.4, 0.5) is 15.3 Å². The molecule has 4 rings (SSSR count). The molecule has 3 aromatic rings. The molecule has 1 fully saturated rings. The van der Waals surface area contributed by atoms with Crippen molar-refractivity contribution in [3.05, 3.63) is 82.3 Å². The molecular weight excluding hydrogens is 1190 g/mol. The van der Waals surface area contributed by atoms with Gasteiger partial charge in [-0.1, -0.05) is 118 Å². The molecule has 1 aromatic heterocycles. The number of ketones is 3. The van der Waals surface area contributed by atoms with Crippen molar-refractivity contribution in [2.75, 3.05) is 53.3 Å². The number of aromatic nitrogens is 1. The Hall–Kier alpha value is -6.66. The van der Waals surface area contributed by atoms with E-state index >= 15 is 0 Å². The number of hydrogen-bond donors (Lipinski definition) is 5. The van der Waals surface area contributed by atoms with Crippen LogP contribution in [0.1, 0.15) is 168 Å². The predicted octanol–water partition coefficient (Wildman–Crippen LogP) is 9.43. The van der Waals surface area contributed by atoms with E-state index in [0.29, 0.717) is 62.9 Å². The minimum absolute atomic E-state index is 0.0300. The number of methoxy groups -OCH3 is 2. The third-order valence-corrected chi connectivity index (χ3v) is 19.0. The number of likely N-dealkylation sites (tertiary alicyclic amines) is 1. The Morgan fingerprint density at radius 1 is 0.772 bits per heavy atom. The lowest BCUT2D eigenvalue weighted by Gasteiger charge is -2.41. The highest BCUT2D eigenvalue weighted by Crippen LogP contribution is 2.34. The van der Waals surface area contributed by atoms with Crippen LogP contribution in [0.5, 0.6) is 0 Å². The van der Waals surface area contributed by atoms with Crippen LogP contribution in [0.2, 0.25) is 0 Å². The molecule has 1 aliphatic rings. The molecule has 1 unspecified atom stereocenters. The van der Waals surface area contributed by atoms with Crippen LogP contribution in [0.15, 0.2) is 66.2 Å². The largest absolute Gasteiger partial charge is 0.445 e. The number of benzene rings is 2. The predicted molar refractivity (Wildman–Crippen MR) is 356 cm³/mol. The number of likely N-dealkylation sites (N-methyl/N-ethyl adjacent to an activating group) is 2. The second kappa shape index (κ2) is 39.8. The van der Waals surface area contributed by atoms with Crippen molar-refractivity contribution in [1.29, 1.82) is 0 Å². The van der Waals surface area contributed by atoms with Crippen LogP contribution in [0.3, 0.4) is 0 Å². The van der Waals surface area contributed by atoms with E-state index in [0.717, 1.165) is 23.4 Å². The Kier molecular flexibility index (Phi) is 33.6. The number of carbonyl (C=O) groups is 9. The van der Waals surface area contributed by atoms with E-state index in [1.165, 1.54) is 23.3 Å². The van der Waals surface area contributed by atoms with Crippen LogP contribution in [0.25, 0.3) is 0 Å². The van der Waals surface area contributed by atoms with Crippen LogP contribution in [-0.4, -0.2) is 157 Å². The van der Waals surface area contributed by atoms with Crippen LogP contribution >= 0.6 is 11.3 Å². The normalized spacial score (nSPS) is 16.5. The molecule has 1 saturated heterocycles. The topological polar surface area (TPSA) is 301 Å². The first kappa shape index (κ1) is 77.8. The lowest BCUT2D eigenvalue weighted by atomic mass is 9.83. The SMILES string of the molecule is CC[C@H](C)[C@@H]([C@@H](CC(=O)N1CCC[C@H]1C(OC)[C@@H](C)C(=O)C[C@@H](Cc1ccccc1)c1nccs1)OC)N(C)C(=O)[C@@H](CC(=O)[C@H](C(C)C)N(C)C(=O)OCc1ccc(NC(=O)[C@H](CCCNC(N)=O)CC(=O)[C@@H](NC(=O)CCCCCON)C(C)C)cc1)C(C)C. The van der Waals surface area contributed by atoms with Gasteiger partial charge >= 0.3 is 12.1 Å². The summed E-state index contributed by atoms with van der Waals surface area (Å²) in [5.41, 5.74) is 7.37. The summed E-state index contributed by atoms with van der Waals surface area (Å²) in [6, 6.07) is 13.3. The number of Topliss-reactive ketones (excluding diaryl/α,β-unsaturated/α-hetero) is 3. The number of primary amides is 1. The number of unbranched alkanes of at least 4 members (excludes halogenated alkanes) is 2. The highest BCUT2D eigenvalue weighted by atomic mass is 32.1. The molecule has 2 heterocycles. The quantitative estimate of drug-likeness (QED) is 0.0261. The van der Waals surface area contributed by atoms with Gasteiger partial charge in [-0.3, -0.25) is 33.6 Å². The van der Waals surface area contributed by atoms with Crippen molar-refractivity contribution in [3.63, 3.8) is 0 Å². The summed E-state index contributed by atoms with van der Waals surface area (Å²) in [4.78, 5) is 138. The van der Waals surface area contributed by atoms with E-state index in [1.54, 1.807) is 56.6 Å². The Morgan fingerprint density at radius 3 is 2.05 bits per heavy atom. The molecule has 0 aliphatic carbocycles.